The molecule has 3 aromatic rings. The molecule has 0 bridgehead atoms. The fraction of sp³-hybridized carbons (Fsp3) is 0. The van der Waals surface area contributed by atoms with Crippen LogP contribution in [0.4, 0.5) is 11.4 Å². The van der Waals surface area contributed by atoms with Gasteiger partial charge in [0, 0.05) is 28.4 Å². The second-order valence-electron chi connectivity index (χ2n) is 6.46. The number of carbonyl (C=O) groups is 1. The van der Waals surface area contributed by atoms with Crippen molar-refractivity contribution in [1.82, 2.24) is 0 Å². The van der Waals surface area contributed by atoms with E-state index in [1.54, 1.807) is 36.4 Å². The molecule has 0 aliphatic rings. The molecule has 0 aliphatic heterocycles. The van der Waals surface area contributed by atoms with Crippen molar-refractivity contribution in [1.29, 1.82) is 5.26 Å². The Kier molecular flexibility index (Phi) is 7.07. The van der Waals surface area contributed by atoms with Crippen LogP contribution in [-0.4, -0.2) is 19.2 Å². The number of amides is 1. The molecule has 0 unspecified atom stereocenters. The number of nitro benzene ring substituents is 1. The zero-order valence-electron chi connectivity index (χ0n) is 16.6. The molecule has 3 rings (SSSR count). The smallest absolute Gasteiger partial charge is 0.339 e. The summed E-state index contributed by atoms with van der Waals surface area (Å²) in [6.45, 7) is 0. The van der Waals surface area contributed by atoms with Crippen molar-refractivity contribution in [2.45, 2.75) is 4.90 Å². The van der Waals surface area contributed by atoms with Gasteiger partial charge in [-0.3, -0.25) is 14.9 Å². The van der Waals surface area contributed by atoms with E-state index < -0.39 is 31.5 Å². The highest BCUT2D eigenvalue weighted by Crippen LogP contribution is 2.27. The molecule has 3 aromatic carbocycles. The fourth-order valence-corrected chi connectivity index (χ4v) is 3.75. The van der Waals surface area contributed by atoms with Crippen LogP contribution in [0.25, 0.3) is 6.08 Å². The third-order valence-corrected chi connectivity index (χ3v) is 5.68. The van der Waals surface area contributed by atoms with Crippen LogP contribution < -0.4 is 9.50 Å². The van der Waals surface area contributed by atoms with Gasteiger partial charge in [0.2, 0.25) is 0 Å². The van der Waals surface area contributed by atoms with Gasteiger partial charge >= 0.3 is 10.1 Å². The average molecular weight is 484 g/mol. The number of anilines is 1. The number of para-hydroxylation sites is 1. The third-order valence-electron chi connectivity index (χ3n) is 4.20. The number of nitriles is 1. The molecule has 0 aromatic heterocycles. The summed E-state index contributed by atoms with van der Waals surface area (Å²) in [4.78, 5) is 22.3. The highest BCUT2D eigenvalue weighted by molar-refractivity contribution is 7.87. The summed E-state index contributed by atoms with van der Waals surface area (Å²) in [5.74, 6) is -0.896. The lowest BCUT2D eigenvalue weighted by Crippen LogP contribution is -2.14. The average Bonchev–Trinajstić information content (AvgIpc) is 2.79. The first-order valence-electron chi connectivity index (χ1n) is 9.16. The molecule has 9 nitrogen and oxygen atoms in total. The summed E-state index contributed by atoms with van der Waals surface area (Å²) >= 11 is 5.81. The zero-order valence-corrected chi connectivity index (χ0v) is 18.2. The van der Waals surface area contributed by atoms with Gasteiger partial charge in [-0.2, -0.15) is 13.7 Å². The summed E-state index contributed by atoms with van der Waals surface area (Å²) in [5.41, 5.74) is -0.190. The molecule has 0 heterocycles. The Balaban J connectivity index is 1.90. The minimum absolute atomic E-state index is 0.134. The molecule has 166 valence electrons. The molecule has 0 saturated heterocycles. The number of non-ortho nitro benzene ring substituents is 1. The molecular weight excluding hydrogens is 470 g/mol. The molecule has 0 radical (unpaired) electrons. The first-order chi connectivity index (χ1) is 15.7. The number of carbonyl (C=O) groups excluding carboxylic acids is 1. The summed E-state index contributed by atoms with van der Waals surface area (Å²) in [7, 11) is -4.44. The van der Waals surface area contributed by atoms with E-state index in [0.29, 0.717) is 10.7 Å². The van der Waals surface area contributed by atoms with Crippen molar-refractivity contribution in [3.05, 3.63) is 99.1 Å². The van der Waals surface area contributed by atoms with E-state index in [9.17, 15) is 28.6 Å². The van der Waals surface area contributed by atoms with Crippen molar-refractivity contribution in [2.75, 3.05) is 5.32 Å². The fourth-order valence-electron chi connectivity index (χ4n) is 2.63. The van der Waals surface area contributed by atoms with Gasteiger partial charge in [-0.05, 0) is 42.5 Å². The van der Waals surface area contributed by atoms with Crippen LogP contribution in [0.15, 0.2) is 83.3 Å². The van der Waals surface area contributed by atoms with Crippen LogP contribution in [-0.2, 0) is 14.9 Å². The molecule has 1 amide bonds. The molecule has 1 N–H and O–H groups in total. The van der Waals surface area contributed by atoms with Crippen LogP contribution in [0.3, 0.4) is 0 Å². The minimum Gasteiger partial charge on any atom is -0.378 e. The van der Waals surface area contributed by atoms with Crippen molar-refractivity contribution >= 4 is 45.1 Å². The van der Waals surface area contributed by atoms with Crippen LogP contribution >= 0.6 is 11.6 Å². The third kappa shape index (κ3) is 5.94. The van der Waals surface area contributed by atoms with Gasteiger partial charge in [0.1, 0.15) is 22.3 Å². The predicted molar refractivity (Wildman–Crippen MR) is 121 cm³/mol. The first kappa shape index (κ1) is 23.5. The number of nitrogens with zero attached hydrogens (tertiary/aromatic N) is 2. The Morgan fingerprint density at radius 3 is 2.45 bits per heavy atom. The van der Waals surface area contributed by atoms with Crippen LogP contribution in [0.5, 0.6) is 5.75 Å². The molecule has 0 fully saturated rings. The molecule has 0 spiro atoms. The number of nitro groups is 1. The molecular formula is C22H14ClN3O6S. The van der Waals surface area contributed by atoms with E-state index in [2.05, 4.69) is 5.32 Å². The highest BCUT2D eigenvalue weighted by atomic mass is 35.5. The Hall–Kier alpha value is -4.20. The largest absolute Gasteiger partial charge is 0.378 e. The second kappa shape index (κ2) is 9.95. The topological polar surface area (TPSA) is 139 Å². The van der Waals surface area contributed by atoms with Crippen molar-refractivity contribution in [2.24, 2.45) is 0 Å². The monoisotopic (exact) mass is 483 g/mol. The van der Waals surface area contributed by atoms with E-state index in [-0.39, 0.29) is 16.9 Å². The van der Waals surface area contributed by atoms with Crippen LogP contribution in [0.2, 0.25) is 5.02 Å². The SMILES string of the molecule is N#C/C(=C/c1ccccc1OS(=O)(=O)c1cccc([N+](=O)[O-])c1)C(=O)Nc1ccc(Cl)cc1. The van der Waals surface area contributed by atoms with Crippen molar-refractivity contribution in [3.63, 3.8) is 0 Å². The van der Waals surface area contributed by atoms with Crippen LogP contribution in [0.1, 0.15) is 5.56 Å². The van der Waals surface area contributed by atoms with Crippen molar-refractivity contribution in [3.8, 4) is 11.8 Å². The maximum absolute atomic E-state index is 12.7. The second-order valence-corrected chi connectivity index (χ2v) is 8.44. The lowest BCUT2D eigenvalue weighted by molar-refractivity contribution is -0.385. The van der Waals surface area contributed by atoms with Gasteiger partial charge in [0.25, 0.3) is 11.6 Å². The summed E-state index contributed by atoms with van der Waals surface area (Å²) in [5, 5.41) is 23.4. The standard InChI is InChI=1S/C22H14ClN3O6S/c23-17-8-10-18(11-9-17)25-22(27)16(14-24)12-15-4-1-2-7-21(15)32-33(30,31)20-6-3-5-19(13-20)26(28)29/h1-13H,(H,25,27)/b16-12-. The lowest BCUT2D eigenvalue weighted by atomic mass is 10.1. The van der Waals surface area contributed by atoms with Gasteiger partial charge in [-0.25, -0.2) is 0 Å². The Bertz CT molecular complexity index is 1400. The summed E-state index contributed by atoms with van der Waals surface area (Å²) < 4.78 is 30.5. The Morgan fingerprint density at radius 2 is 1.79 bits per heavy atom. The Labute approximate surface area is 193 Å². The maximum Gasteiger partial charge on any atom is 0.339 e. The van der Waals surface area contributed by atoms with Gasteiger partial charge in [0.05, 0.1) is 4.92 Å². The molecule has 0 atom stereocenters. The lowest BCUT2D eigenvalue weighted by Gasteiger charge is -2.10. The summed E-state index contributed by atoms with van der Waals surface area (Å²) in [6.07, 6.45) is 1.17. The van der Waals surface area contributed by atoms with E-state index >= 15 is 0 Å². The van der Waals surface area contributed by atoms with E-state index in [1.165, 1.54) is 30.3 Å². The molecule has 11 heteroatoms. The molecule has 33 heavy (non-hydrogen) atoms. The first-order valence-corrected chi connectivity index (χ1v) is 10.9. The predicted octanol–water partition coefficient (Wildman–Crippen LogP) is 4.56. The van der Waals surface area contributed by atoms with Crippen LogP contribution in [0, 0.1) is 21.4 Å². The number of rotatable bonds is 7. The van der Waals surface area contributed by atoms with Gasteiger partial charge in [-0.15, -0.1) is 0 Å². The molecule has 0 aliphatic carbocycles. The number of benzene rings is 3. The number of nitrogens with one attached hydrogen (secondary N) is 1. The van der Waals surface area contributed by atoms with Gasteiger partial charge in [-0.1, -0.05) is 35.9 Å². The quantitative estimate of drug-likeness (QED) is 0.171. The Morgan fingerprint density at radius 1 is 1.09 bits per heavy atom. The maximum atomic E-state index is 12.7. The summed E-state index contributed by atoms with van der Waals surface area (Å²) in [6, 6.07) is 18.2. The van der Waals surface area contributed by atoms with E-state index in [1.807, 2.05) is 0 Å². The minimum atomic E-state index is -4.44. The van der Waals surface area contributed by atoms with E-state index in [0.717, 1.165) is 18.2 Å². The van der Waals surface area contributed by atoms with Gasteiger partial charge in [0.15, 0.2) is 0 Å². The van der Waals surface area contributed by atoms with Crippen molar-refractivity contribution < 1.29 is 22.3 Å². The van der Waals surface area contributed by atoms with Gasteiger partial charge < -0.3 is 9.50 Å². The van der Waals surface area contributed by atoms with E-state index in [4.69, 9.17) is 15.8 Å². The molecule has 0 saturated carbocycles. The zero-order chi connectivity index (χ0) is 24.0. The number of hydrogen-bond donors (Lipinski definition) is 1. The highest BCUT2D eigenvalue weighted by Gasteiger charge is 2.21. The number of halogens is 1. The number of hydrogen-bond acceptors (Lipinski definition) is 7. The normalized spacial score (nSPS) is 11.3.